The van der Waals surface area contributed by atoms with Gasteiger partial charge in [-0.05, 0) is 0 Å². The maximum absolute atomic E-state index is 2.20. The van der Waals surface area contributed by atoms with Crippen molar-refractivity contribution < 1.29 is 51.0 Å². The zero-order valence-corrected chi connectivity index (χ0v) is 12.7. The molecule has 0 aromatic heterocycles. The summed E-state index contributed by atoms with van der Waals surface area (Å²) in [7, 11) is 0. The fourth-order valence-corrected chi connectivity index (χ4v) is 1.41. The van der Waals surface area contributed by atoms with Gasteiger partial charge in [-0.15, -0.1) is 0 Å². The maximum Gasteiger partial charge on any atom is 3.00 e. The minimum Gasteiger partial charge on any atom is -1.00 e. The molecule has 1 radical (unpaired) electrons. The van der Waals surface area contributed by atoms with Gasteiger partial charge in [-0.2, -0.15) is 27.8 Å². The summed E-state index contributed by atoms with van der Waals surface area (Å²) in [4.78, 5) is 0. The van der Waals surface area contributed by atoms with Crippen LogP contribution in [-0.4, -0.2) is 0 Å². The van der Waals surface area contributed by atoms with Crippen molar-refractivity contribution in [3.8, 4) is 0 Å². The number of hydrogen-bond acceptors (Lipinski definition) is 0. The quantitative estimate of drug-likeness (QED) is 0.447. The fourth-order valence-electron chi connectivity index (χ4n) is 1.41. The predicted molar refractivity (Wildman–Crippen MR) is 45.7 cm³/mol. The molecule has 0 nitrogen and oxygen atoms in total. The summed E-state index contributed by atoms with van der Waals surface area (Å²) in [5.41, 5.74) is 7.34. The van der Waals surface area contributed by atoms with Gasteiger partial charge in [0.1, 0.15) is 0 Å². The Bertz CT molecular complexity index is 184. The molecule has 0 saturated heterocycles. The molecular formula is C10H15Cl2Zr. The first-order chi connectivity index (χ1) is 4.55. The molecule has 0 saturated carbocycles. The van der Waals surface area contributed by atoms with E-state index < -0.39 is 0 Å². The molecule has 0 fully saturated rings. The normalized spacial score (nSPS) is 8.08. The summed E-state index contributed by atoms with van der Waals surface area (Å²) >= 11 is 0. The van der Waals surface area contributed by atoms with E-state index in [1.807, 2.05) is 0 Å². The molecule has 0 unspecified atom stereocenters. The van der Waals surface area contributed by atoms with E-state index >= 15 is 0 Å². The number of halogens is 2. The van der Waals surface area contributed by atoms with Crippen LogP contribution < -0.4 is 24.8 Å². The standard InChI is InChI=1S/C10H15.2ClH.Zr/c1-6-7(2)9(4)10(5)8(6)3;;;/h1-5H3;2*1H;/q-1;;;+3/p-2. The van der Waals surface area contributed by atoms with E-state index in [0.29, 0.717) is 0 Å². The minimum absolute atomic E-state index is 0. The van der Waals surface area contributed by atoms with Crippen LogP contribution in [0, 0.1) is 34.6 Å². The van der Waals surface area contributed by atoms with Gasteiger partial charge in [0, 0.05) is 0 Å². The molecule has 0 aliphatic heterocycles. The Labute approximate surface area is 113 Å². The largest absolute Gasteiger partial charge is 3.00 e. The number of rotatable bonds is 0. The topological polar surface area (TPSA) is 0 Å². The third kappa shape index (κ3) is 3.46. The Kier molecular flexibility index (Phi) is 10.7. The third-order valence-corrected chi connectivity index (χ3v) is 2.81. The summed E-state index contributed by atoms with van der Waals surface area (Å²) in [5, 5.41) is 0. The van der Waals surface area contributed by atoms with Gasteiger partial charge in [0.2, 0.25) is 0 Å². The molecule has 1 aromatic rings. The van der Waals surface area contributed by atoms with Crippen molar-refractivity contribution in [2.24, 2.45) is 0 Å². The molecule has 0 spiro atoms. The van der Waals surface area contributed by atoms with E-state index in [0.717, 1.165) is 0 Å². The molecule has 0 N–H and O–H groups in total. The molecule has 73 valence electrons. The molecule has 0 atom stereocenters. The summed E-state index contributed by atoms with van der Waals surface area (Å²) < 4.78 is 0. The first kappa shape index (κ1) is 19.4. The second-order valence-corrected chi connectivity index (χ2v) is 3.12. The van der Waals surface area contributed by atoms with Crippen molar-refractivity contribution in [3.63, 3.8) is 0 Å². The van der Waals surface area contributed by atoms with Crippen LogP contribution in [0.15, 0.2) is 0 Å². The first-order valence-electron chi connectivity index (χ1n) is 3.75. The van der Waals surface area contributed by atoms with Crippen LogP contribution in [0.5, 0.6) is 0 Å². The first-order valence-corrected chi connectivity index (χ1v) is 3.75. The molecule has 0 aliphatic rings. The molecule has 13 heavy (non-hydrogen) atoms. The van der Waals surface area contributed by atoms with Crippen molar-refractivity contribution in [1.82, 2.24) is 0 Å². The zero-order chi connectivity index (χ0) is 7.89. The average Bonchev–Trinajstić information content (AvgIpc) is 2.07. The van der Waals surface area contributed by atoms with Gasteiger partial charge in [-0.25, -0.2) is 0 Å². The van der Waals surface area contributed by atoms with Gasteiger partial charge >= 0.3 is 26.2 Å². The molecule has 1 aromatic carbocycles. The monoisotopic (exact) mass is 295 g/mol. The van der Waals surface area contributed by atoms with Gasteiger partial charge in [0.05, 0.1) is 0 Å². The van der Waals surface area contributed by atoms with Gasteiger partial charge in [0.25, 0.3) is 0 Å². The van der Waals surface area contributed by atoms with E-state index in [1.165, 1.54) is 27.8 Å². The Balaban J connectivity index is -0.000000333. The third-order valence-electron chi connectivity index (χ3n) is 2.81. The Hall–Kier alpha value is 0.813. The number of hydrogen-bond donors (Lipinski definition) is 0. The van der Waals surface area contributed by atoms with Crippen molar-refractivity contribution in [1.29, 1.82) is 0 Å². The van der Waals surface area contributed by atoms with Crippen LogP contribution in [0.3, 0.4) is 0 Å². The SMILES string of the molecule is Cc1c(C)c(C)[c-](C)c1C.[Cl-].[Cl-].[Zr+3]. The second-order valence-electron chi connectivity index (χ2n) is 3.12. The fraction of sp³-hybridized carbons (Fsp3) is 0.500. The van der Waals surface area contributed by atoms with Crippen LogP contribution in [-0.2, 0) is 26.2 Å². The summed E-state index contributed by atoms with van der Waals surface area (Å²) in [6, 6.07) is 0. The Morgan fingerprint density at radius 1 is 0.769 bits per heavy atom. The maximum atomic E-state index is 2.20. The summed E-state index contributed by atoms with van der Waals surface area (Å²) in [6.45, 7) is 11.0. The smallest absolute Gasteiger partial charge is 1.00 e. The van der Waals surface area contributed by atoms with E-state index in [4.69, 9.17) is 0 Å². The van der Waals surface area contributed by atoms with E-state index in [1.54, 1.807) is 0 Å². The van der Waals surface area contributed by atoms with E-state index in [-0.39, 0.29) is 51.0 Å². The average molecular weight is 297 g/mol. The molecule has 0 bridgehead atoms. The van der Waals surface area contributed by atoms with Gasteiger partial charge in [-0.1, -0.05) is 34.6 Å². The van der Waals surface area contributed by atoms with Crippen molar-refractivity contribution >= 4 is 0 Å². The van der Waals surface area contributed by atoms with Crippen LogP contribution in [0.2, 0.25) is 0 Å². The van der Waals surface area contributed by atoms with Crippen LogP contribution in [0.1, 0.15) is 27.8 Å². The van der Waals surface area contributed by atoms with Gasteiger partial charge < -0.3 is 24.8 Å². The summed E-state index contributed by atoms with van der Waals surface area (Å²) in [5.74, 6) is 0. The molecular weight excluding hydrogens is 282 g/mol. The zero-order valence-electron chi connectivity index (χ0n) is 8.76. The van der Waals surface area contributed by atoms with Crippen molar-refractivity contribution in [2.45, 2.75) is 34.6 Å². The van der Waals surface area contributed by atoms with Gasteiger partial charge in [-0.3, -0.25) is 0 Å². The van der Waals surface area contributed by atoms with Crippen LogP contribution >= 0.6 is 0 Å². The Morgan fingerprint density at radius 3 is 1.08 bits per heavy atom. The predicted octanol–water partition coefficient (Wildman–Crippen LogP) is -3.05. The van der Waals surface area contributed by atoms with Crippen molar-refractivity contribution in [3.05, 3.63) is 27.8 Å². The van der Waals surface area contributed by atoms with Crippen LogP contribution in [0.25, 0.3) is 0 Å². The van der Waals surface area contributed by atoms with Crippen molar-refractivity contribution in [2.75, 3.05) is 0 Å². The minimum atomic E-state index is 0. The molecule has 3 heteroatoms. The summed E-state index contributed by atoms with van der Waals surface area (Å²) in [6.07, 6.45) is 0. The molecule has 0 heterocycles. The molecule has 0 aliphatic carbocycles. The van der Waals surface area contributed by atoms with Gasteiger partial charge in [0.15, 0.2) is 0 Å². The van der Waals surface area contributed by atoms with E-state index in [9.17, 15) is 0 Å². The van der Waals surface area contributed by atoms with Crippen LogP contribution in [0.4, 0.5) is 0 Å². The Morgan fingerprint density at radius 2 is 1.00 bits per heavy atom. The second kappa shape index (κ2) is 7.15. The van der Waals surface area contributed by atoms with E-state index in [2.05, 4.69) is 34.6 Å². The molecule has 0 amide bonds. The molecule has 1 rings (SSSR count).